The maximum Gasteiger partial charge on any atom is 0.276 e. The zero-order valence-corrected chi connectivity index (χ0v) is 9.75. The molecule has 0 saturated heterocycles. The highest BCUT2D eigenvalue weighted by atomic mass is 16.6. The van der Waals surface area contributed by atoms with Crippen LogP contribution in [0.15, 0.2) is 24.3 Å². The first-order valence-corrected chi connectivity index (χ1v) is 5.54. The summed E-state index contributed by atoms with van der Waals surface area (Å²) >= 11 is 0. The molecule has 4 heteroatoms. The minimum Gasteiger partial charge on any atom is -0.384 e. The van der Waals surface area contributed by atoms with E-state index in [0.717, 1.165) is 18.7 Å². The molecule has 0 bridgehead atoms. The van der Waals surface area contributed by atoms with Gasteiger partial charge < -0.3 is 5.32 Å². The van der Waals surface area contributed by atoms with E-state index < -0.39 is 0 Å². The molecule has 16 heavy (non-hydrogen) atoms. The SMILES string of the molecule is CCCNc1ccccc1C(=O)NOCC. The Kier molecular flexibility index (Phi) is 5.36. The highest BCUT2D eigenvalue weighted by Crippen LogP contribution is 2.14. The first-order chi connectivity index (χ1) is 7.79. The molecule has 1 rings (SSSR count). The van der Waals surface area contributed by atoms with Gasteiger partial charge in [-0.25, -0.2) is 5.48 Å². The van der Waals surface area contributed by atoms with E-state index in [1.807, 2.05) is 25.1 Å². The van der Waals surface area contributed by atoms with Crippen LogP contribution in [0.1, 0.15) is 30.6 Å². The van der Waals surface area contributed by atoms with E-state index in [1.165, 1.54) is 0 Å². The van der Waals surface area contributed by atoms with Crippen molar-refractivity contribution in [1.29, 1.82) is 0 Å². The van der Waals surface area contributed by atoms with E-state index in [1.54, 1.807) is 6.07 Å². The second-order valence-electron chi connectivity index (χ2n) is 3.34. The monoisotopic (exact) mass is 222 g/mol. The Morgan fingerprint density at radius 1 is 1.31 bits per heavy atom. The number of amides is 1. The number of hydrogen-bond acceptors (Lipinski definition) is 3. The lowest BCUT2D eigenvalue weighted by molar-refractivity contribution is 0.0365. The maximum absolute atomic E-state index is 11.7. The number of carbonyl (C=O) groups is 1. The second kappa shape index (κ2) is 6.85. The number of hydrogen-bond donors (Lipinski definition) is 2. The lowest BCUT2D eigenvalue weighted by atomic mass is 10.1. The summed E-state index contributed by atoms with van der Waals surface area (Å²) in [6.45, 7) is 5.20. The van der Waals surface area contributed by atoms with Gasteiger partial charge in [-0.2, -0.15) is 0 Å². The van der Waals surface area contributed by atoms with Crippen molar-refractivity contribution in [2.45, 2.75) is 20.3 Å². The van der Waals surface area contributed by atoms with E-state index in [-0.39, 0.29) is 5.91 Å². The molecule has 0 aromatic heterocycles. The molecule has 0 aliphatic rings. The van der Waals surface area contributed by atoms with Crippen LogP contribution in [-0.2, 0) is 4.84 Å². The Morgan fingerprint density at radius 2 is 2.06 bits per heavy atom. The van der Waals surface area contributed by atoms with Crippen molar-refractivity contribution >= 4 is 11.6 Å². The van der Waals surface area contributed by atoms with Gasteiger partial charge in [-0.15, -0.1) is 0 Å². The third kappa shape index (κ3) is 3.55. The van der Waals surface area contributed by atoms with Crippen LogP contribution in [0.5, 0.6) is 0 Å². The first kappa shape index (κ1) is 12.5. The highest BCUT2D eigenvalue weighted by molar-refractivity contribution is 5.98. The molecule has 0 aliphatic heterocycles. The minimum atomic E-state index is -0.221. The van der Waals surface area contributed by atoms with Gasteiger partial charge in [0, 0.05) is 12.2 Å². The zero-order valence-electron chi connectivity index (χ0n) is 9.75. The summed E-state index contributed by atoms with van der Waals surface area (Å²) in [7, 11) is 0. The van der Waals surface area contributed by atoms with Crippen LogP contribution >= 0.6 is 0 Å². The van der Waals surface area contributed by atoms with E-state index in [9.17, 15) is 4.79 Å². The van der Waals surface area contributed by atoms with Crippen molar-refractivity contribution in [1.82, 2.24) is 5.48 Å². The van der Waals surface area contributed by atoms with Crippen LogP contribution in [0.3, 0.4) is 0 Å². The molecule has 88 valence electrons. The Labute approximate surface area is 95.9 Å². The van der Waals surface area contributed by atoms with Gasteiger partial charge in [0.1, 0.15) is 0 Å². The van der Waals surface area contributed by atoms with Gasteiger partial charge in [-0.05, 0) is 25.5 Å². The highest BCUT2D eigenvalue weighted by Gasteiger charge is 2.09. The summed E-state index contributed by atoms with van der Waals surface area (Å²) in [5.74, 6) is -0.221. The lowest BCUT2D eigenvalue weighted by Crippen LogP contribution is -2.24. The van der Waals surface area contributed by atoms with E-state index >= 15 is 0 Å². The van der Waals surface area contributed by atoms with Gasteiger partial charge >= 0.3 is 0 Å². The fourth-order valence-electron chi connectivity index (χ4n) is 1.29. The van der Waals surface area contributed by atoms with Gasteiger partial charge in [0.25, 0.3) is 5.91 Å². The van der Waals surface area contributed by atoms with Crippen molar-refractivity contribution in [3.05, 3.63) is 29.8 Å². The maximum atomic E-state index is 11.7. The van der Waals surface area contributed by atoms with E-state index in [0.29, 0.717) is 12.2 Å². The summed E-state index contributed by atoms with van der Waals surface area (Å²) < 4.78 is 0. The molecule has 2 N–H and O–H groups in total. The standard InChI is InChI=1S/C12H18N2O2/c1-3-9-13-11-8-6-5-7-10(11)12(15)14-16-4-2/h5-8,13H,3-4,9H2,1-2H3,(H,14,15). The predicted octanol–water partition coefficient (Wildman–Crippen LogP) is 2.19. The van der Waals surface area contributed by atoms with Crippen LogP contribution in [0.4, 0.5) is 5.69 Å². The number of benzene rings is 1. The Bertz CT molecular complexity index is 340. The topological polar surface area (TPSA) is 50.4 Å². The van der Waals surface area contributed by atoms with Crippen molar-refractivity contribution < 1.29 is 9.63 Å². The predicted molar refractivity (Wildman–Crippen MR) is 64.3 cm³/mol. The van der Waals surface area contributed by atoms with Crippen molar-refractivity contribution in [3.8, 4) is 0 Å². The second-order valence-corrected chi connectivity index (χ2v) is 3.34. The Morgan fingerprint density at radius 3 is 2.75 bits per heavy atom. The zero-order chi connectivity index (χ0) is 11.8. The fourth-order valence-corrected chi connectivity index (χ4v) is 1.29. The third-order valence-electron chi connectivity index (χ3n) is 2.05. The molecule has 1 aromatic carbocycles. The molecule has 0 fully saturated rings. The molecular weight excluding hydrogens is 204 g/mol. The van der Waals surface area contributed by atoms with Gasteiger partial charge in [-0.1, -0.05) is 19.1 Å². The smallest absolute Gasteiger partial charge is 0.276 e. The Balaban J connectivity index is 2.73. The van der Waals surface area contributed by atoms with E-state index in [2.05, 4.69) is 17.7 Å². The number of rotatable bonds is 6. The number of anilines is 1. The van der Waals surface area contributed by atoms with Crippen LogP contribution < -0.4 is 10.8 Å². The molecule has 1 aromatic rings. The van der Waals surface area contributed by atoms with Crippen molar-refractivity contribution in [2.24, 2.45) is 0 Å². The Hall–Kier alpha value is -1.55. The number of para-hydroxylation sites is 1. The fraction of sp³-hybridized carbons (Fsp3) is 0.417. The normalized spacial score (nSPS) is 9.88. The summed E-state index contributed by atoms with van der Waals surface area (Å²) in [6.07, 6.45) is 1.02. The summed E-state index contributed by atoms with van der Waals surface area (Å²) in [5.41, 5.74) is 3.82. The first-order valence-electron chi connectivity index (χ1n) is 5.54. The minimum absolute atomic E-state index is 0.221. The molecule has 0 atom stereocenters. The summed E-state index contributed by atoms with van der Waals surface area (Å²) in [5, 5.41) is 3.20. The van der Waals surface area contributed by atoms with Gasteiger partial charge in [-0.3, -0.25) is 9.63 Å². The van der Waals surface area contributed by atoms with Crippen LogP contribution in [0.2, 0.25) is 0 Å². The number of hydroxylamine groups is 1. The van der Waals surface area contributed by atoms with Crippen molar-refractivity contribution in [2.75, 3.05) is 18.5 Å². The number of carbonyl (C=O) groups excluding carboxylic acids is 1. The average Bonchev–Trinajstić information content (AvgIpc) is 2.33. The third-order valence-corrected chi connectivity index (χ3v) is 2.05. The molecular formula is C12H18N2O2. The summed E-state index contributed by atoms with van der Waals surface area (Å²) in [6, 6.07) is 7.39. The molecule has 0 radical (unpaired) electrons. The quantitative estimate of drug-likeness (QED) is 0.725. The molecule has 0 spiro atoms. The summed E-state index contributed by atoms with van der Waals surface area (Å²) in [4.78, 5) is 16.6. The molecule has 0 heterocycles. The molecule has 1 amide bonds. The molecule has 0 unspecified atom stereocenters. The van der Waals surface area contributed by atoms with Crippen LogP contribution in [0.25, 0.3) is 0 Å². The van der Waals surface area contributed by atoms with Gasteiger partial charge in [0.05, 0.1) is 12.2 Å². The van der Waals surface area contributed by atoms with Gasteiger partial charge in [0.15, 0.2) is 0 Å². The van der Waals surface area contributed by atoms with Gasteiger partial charge in [0.2, 0.25) is 0 Å². The number of nitrogens with one attached hydrogen (secondary N) is 2. The van der Waals surface area contributed by atoms with Crippen LogP contribution in [-0.4, -0.2) is 19.1 Å². The van der Waals surface area contributed by atoms with Crippen LogP contribution in [0, 0.1) is 0 Å². The molecule has 4 nitrogen and oxygen atoms in total. The average molecular weight is 222 g/mol. The molecule has 0 saturated carbocycles. The lowest BCUT2D eigenvalue weighted by Gasteiger charge is -2.10. The largest absolute Gasteiger partial charge is 0.384 e. The molecule has 0 aliphatic carbocycles. The van der Waals surface area contributed by atoms with E-state index in [4.69, 9.17) is 4.84 Å². The van der Waals surface area contributed by atoms with Crippen molar-refractivity contribution in [3.63, 3.8) is 0 Å².